The number of esters is 1. The zero-order valence-corrected chi connectivity index (χ0v) is 12.8. The van der Waals surface area contributed by atoms with Crippen LogP contribution in [0.5, 0.6) is 0 Å². The minimum Gasteiger partial charge on any atom is -0.460 e. The van der Waals surface area contributed by atoms with Gasteiger partial charge in [0, 0.05) is 6.07 Å². The number of hydrogen-bond donors (Lipinski definition) is 1. The van der Waals surface area contributed by atoms with E-state index in [1.807, 2.05) is 0 Å². The van der Waals surface area contributed by atoms with Crippen LogP contribution in [0.2, 0.25) is 0 Å². The fourth-order valence-corrected chi connectivity index (χ4v) is 2.09. The number of fused-ring (bicyclic) bond motifs is 1. The molecule has 24 heavy (non-hydrogen) atoms. The Morgan fingerprint density at radius 2 is 2.12 bits per heavy atom. The summed E-state index contributed by atoms with van der Waals surface area (Å²) in [6.07, 6.45) is 0. The standard InChI is InChI=1S/C15H12F2N4O3/c1-3-23-15(22)13-19-12(11-7(2)21-24-14(11)20-13)18-10-6-8(16)4-5-9(10)17/h4-6H,3H2,1-2H3,(H,18,19,20). The first kappa shape index (κ1) is 15.8. The third-order valence-electron chi connectivity index (χ3n) is 3.15. The summed E-state index contributed by atoms with van der Waals surface area (Å²) >= 11 is 0. The third kappa shape index (κ3) is 2.87. The molecule has 0 spiro atoms. The van der Waals surface area contributed by atoms with Crippen LogP contribution < -0.4 is 5.32 Å². The zero-order valence-electron chi connectivity index (χ0n) is 12.8. The molecule has 0 amide bonds. The maximum atomic E-state index is 13.9. The van der Waals surface area contributed by atoms with Gasteiger partial charge < -0.3 is 14.6 Å². The van der Waals surface area contributed by atoms with E-state index in [4.69, 9.17) is 9.26 Å². The van der Waals surface area contributed by atoms with E-state index in [-0.39, 0.29) is 29.7 Å². The van der Waals surface area contributed by atoms with Crippen molar-refractivity contribution in [2.75, 3.05) is 11.9 Å². The Morgan fingerprint density at radius 3 is 2.88 bits per heavy atom. The van der Waals surface area contributed by atoms with Gasteiger partial charge in [0.15, 0.2) is 0 Å². The Bertz CT molecular complexity index is 926. The Labute approximate surface area is 134 Å². The summed E-state index contributed by atoms with van der Waals surface area (Å²) in [4.78, 5) is 19.8. The van der Waals surface area contributed by atoms with Gasteiger partial charge in [0.25, 0.3) is 5.71 Å². The molecule has 0 saturated carbocycles. The van der Waals surface area contributed by atoms with Gasteiger partial charge in [-0.05, 0) is 26.0 Å². The second-order valence-corrected chi connectivity index (χ2v) is 4.81. The predicted octanol–water partition coefficient (Wildman–Crippen LogP) is 3.12. The number of carbonyl (C=O) groups is 1. The first-order valence-electron chi connectivity index (χ1n) is 7.02. The van der Waals surface area contributed by atoms with Gasteiger partial charge in [-0.1, -0.05) is 5.16 Å². The van der Waals surface area contributed by atoms with Crippen molar-refractivity contribution in [3.63, 3.8) is 0 Å². The Morgan fingerprint density at radius 1 is 1.33 bits per heavy atom. The number of ether oxygens (including phenoxy) is 1. The summed E-state index contributed by atoms with van der Waals surface area (Å²) < 4.78 is 37.1. The van der Waals surface area contributed by atoms with Crippen molar-refractivity contribution in [2.24, 2.45) is 0 Å². The van der Waals surface area contributed by atoms with E-state index in [1.165, 1.54) is 0 Å². The van der Waals surface area contributed by atoms with Crippen LogP contribution in [0.15, 0.2) is 22.7 Å². The number of hydrogen-bond acceptors (Lipinski definition) is 7. The fraction of sp³-hybridized carbons (Fsp3) is 0.200. The lowest BCUT2D eigenvalue weighted by molar-refractivity contribution is 0.0512. The molecule has 0 atom stereocenters. The van der Waals surface area contributed by atoms with Gasteiger partial charge in [-0.3, -0.25) is 0 Å². The van der Waals surface area contributed by atoms with Crippen molar-refractivity contribution in [1.29, 1.82) is 0 Å². The highest BCUT2D eigenvalue weighted by molar-refractivity contribution is 5.94. The monoisotopic (exact) mass is 334 g/mol. The normalized spacial score (nSPS) is 10.8. The number of anilines is 2. The molecule has 0 radical (unpaired) electrons. The molecule has 3 aromatic rings. The summed E-state index contributed by atoms with van der Waals surface area (Å²) in [5.41, 5.74) is 0.315. The average molecular weight is 334 g/mol. The van der Waals surface area contributed by atoms with E-state index in [0.29, 0.717) is 11.1 Å². The topological polar surface area (TPSA) is 90.1 Å². The quantitative estimate of drug-likeness (QED) is 0.733. The molecule has 0 aliphatic rings. The molecule has 3 rings (SSSR count). The molecule has 1 aromatic carbocycles. The predicted molar refractivity (Wildman–Crippen MR) is 79.9 cm³/mol. The van der Waals surface area contributed by atoms with Crippen LogP contribution in [0.1, 0.15) is 23.2 Å². The van der Waals surface area contributed by atoms with Crippen molar-refractivity contribution in [1.82, 2.24) is 15.1 Å². The molecule has 0 aliphatic heterocycles. The maximum Gasteiger partial charge on any atom is 0.376 e. The average Bonchev–Trinajstić information content (AvgIpc) is 2.92. The molecule has 124 valence electrons. The third-order valence-corrected chi connectivity index (χ3v) is 3.15. The van der Waals surface area contributed by atoms with Crippen LogP contribution in [-0.4, -0.2) is 27.7 Å². The smallest absolute Gasteiger partial charge is 0.376 e. The highest BCUT2D eigenvalue weighted by Crippen LogP contribution is 2.28. The van der Waals surface area contributed by atoms with Crippen LogP contribution in [0.3, 0.4) is 0 Å². The van der Waals surface area contributed by atoms with Gasteiger partial charge >= 0.3 is 5.97 Å². The van der Waals surface area contributed by atoms with E-state index < -0.39 is 17.6 Å². The molecule has 9 heteroatoms. The van der Waals surface area contributed by atoms with Crippen molar-refractivity contribution in [3.05, 3.63) is 41.4 Å². The molecule has 0 fully saturated rings. The summed E-state index contributed by atoms with van der Waals surface area (Å²) in [7, 11) is 0. The lowest BCUT2D eigenvalue weighted by Gasteiger charge is -2.09. The number of halogens is 2. The lowest BCUT2D eigenvalue weighted by atomic mass is 10.2. The molecule has 0 aliphatic carbocycles. The second kappa shape index (κ2) is 6.19. The molecule has 2 heterocycles. The Kier molecular flexibility index (Phi) is 4.07. The largest absolute Gasteiger partial charge is 0.460 e. The van der Waals surface area contributed by atoms with Gasteiger partial charge in [-0.25, -0.2) is 18.6 Å². The Hall–Kier alpha value is -3.10. The minimum absolute atomic E-state index is 0.0323. The van der Waals surface area contributed by atoms with Crippen LogP contribution in [-0.2, 0) is 4.74 Å². The first-order valence-corrected chi connectivity index (χ1v) is 7.02. The number of aryl methyl sites for hydroxylation is 1. The van der Waals surface area contributed by atoms with E-state index in [9.17, 15) is 13.6 Å². The first-order chi connectivity index (χ1) is 11.5. The summed E-state index contributed by atoms with van der Waals surface area (Å²) in [5, 5.41) is 6.75. The summed E-state index contributed by atoms with van der Waals surface area (Å²) in [6, 6.07) is 2.93. The van der Waals surface area contributed by atoms with Crippen LogP contribution in [0, 0.1) is 18.6 Å². The summed E-state index contributed by atoms with van der Waals surface area (Å²) in [5.74, 6) is -2.30. The number of rotatable bonds is 4. The maximum absolute atomic E-state index is 13.9. The molecule has 1 N–H and O–H groups in total. The summed E-state index contributed by atoms with van der Waals surface area (Å²) in [6.45, 7) is 3.40. The molecular weight excluding hydrogens is 322 g/mol. The molecule has 2 aromatic heterocycles. The number of nitrogens with zero attached hydrogens (tertiary/aromatic N) is 3. The van der Waals surface area contributed by atoms with E-state index in [0.717, 1.165) is 18.2 Å². The van der Waals surface area contributed by atoms with Gasteiger partial charge in [-0.2, -0.15) is 4.98 Å². The van der Waals surface area contributed by atoms with Crippen LogP contribution in [0.4, 0.5) is 20.3 Å². The highest BCUT2D eigenvalue weighted by atomic mass is 19.1. The fourth-order valence-electron chi connectivity index (χ4n) is 2.09. The molecule has 7 nitrogen and oxygen atoms in total. The van der Waals surface area contributed by atoms with Crippen molar-refractivity contribution in [3.8, 4) is 0 Å². The van der Waals surface area contributed by atoms with Crippen molar-refractivity contribution < 1.29 is 22.8 Å². The minimum atomic E-state index is -0.767. The van der Waals surface area contributed by atoms with E-state index in [1.54, 1.807) is 13.8 Å². The number of carbonyl (C=O) groups excluding carboxylic acids is 1. The highest BCUT2D eigenvalue weighted by Gasteiger charge is 2.20. The zero-order chi connectivity index (χ0) is 17.3. The Balaban J connectivity index is 2.12. The van der Waals surface area contributed by atoms with E-state index in [2.05, 4.69) is 20.4 Å². The van der Waals surface area contributed by atoms with Crippen molar-refractivity contribution in [2.45, 2.75) is 13.8 Å². The second-order valence-electron chi connectivity index (χ2n) is 4.81. The van der Waals surface area contributed by atoms with Crippen LogP contribution in [0.25, 0.3) is 11.1 Å². The van der Waals surface area contributed by atoms with Gasteiger partial charge in [-0.15, -0.1) is 0 Å². The molecule has 0 bridgehead atoms. The number of aromatic nitrogens is 3. The van der Waals surface area contributed by atoms with Gasteiger partial charge in [0.1, 0.15) is 22.8 Å². The number of nitrogens with one attached hydrogen (secondary N) is 1. The lowest BCUT2D eigenvalue weighted by Crippen LogP contribution is -2.11. The molecule has 0 saturated heterocycles. The molecule has 0 unspecified atom stereocenters. The van der Waals surface area contributed by atoms with Crippen LogP contribution >= 0.6 is 0 Å². The SMILES string of the molecule is CCOC(=O)c1nc(Nc2cc(F)ccc2F)c2c(C)noc2n1. The number of benzene rings is 1. The molecular formula is C15H12F2N4O3. The van der Waals surface area contributed by atoms with Crippen molar-refractivity contribution >= 4 is 28.6 Å². The van der Waals surface area contributed by atoms with Gasteiger partial charge in [0.2, 0.25) is 5.82 Å². The van der Waals surface area contributed by atoms with E-state index >= 15 is 0 Å². The van der Waals surface area contributed by atoms with Gasteiger partial charge in [0.05, 0.1) is 18.0 Å².